The first-order valence-electron chi connectivity index (χ1n) is 9.96. The summed E-state index contributed by atoms with van der Waals surface area (Å²) in [6, 6.07) is 0. The first-order valence-corrected chi connectivity index (χ1v) is 11.9. The molecule has 1 aliphatic heterocycles. The summed E-state index contributed by atoms with van der Waals surface area (Å²) in [5.74, 6) is 4.88. The second-order valence-electron chi connectivity index (χ2n) is 8.96. The van der Waals surface area contributed by atoms with Gasteiger partial charge in [0.15, 0.2) is 0 Å². The second-order valence-corrected chi connectivity index (χ2v) is 12.1. The fourth-order valence-corrected chi connectivity index (χ4v) is 10.1. The molecule has 0 aromatic rings. The van der Waals surface area contributed by atoms with Crippen LogP contribution in [0.15, 0.2) is 23.3 Å². The van der Waals surface area contributed by atoms with Crippen molar-refractivity contribution in [3.8, 4) is 0 Å². The molecule has 0 unspecified atom stereocenters. The molecular formula is C21H28O2S2. The molecule has 5 atom stereocenters. The highest BCUT2D eigenvalue weighted by molar-refractivity contribution is 8.21. The van der Waals surface area contributed by atoms with E-state index in [-0.39, 0.29) is 5.41 Å². The van der Waals surface area contributed by atoms with Gasteiger partial charge >= 0.3 is 5.97 Å². The van der Waals surface area contributed by atoms with E-state index in [4.69, 9.17) is 0 Å². The number of carboxylic acid groups (broad SMARTS) is 1. The zero-order valence-corrected chi connectivity index (χ0v) is 16.6. The molecule has 0 bridgehead atoms. The fraction of sp³-hybridized carbons (Fsp3) is 0.762. The van der Waals surface area contributed by atoms with Crippen LogP contribution in [0.5, 0.6) is 0 Å². The fourth-order valence-electron chi connectivity index (χ4n) is 6.91. The molecule has 0 amide bonds. The van der Waals surface area contributed by atoms with Gasteiger partial charge in [0.25, 0.3) is 0 Å². The minimum atomic E-state index is -0.672. The maximum atomic E-state index is 11.7. The number of hydrogen-bond acceptors (Lipinski definition) is 3. The Morgan fingerprint density at radius 2 is 1.96 bits per heavy atom. The summed E-state index contributed by atoms with van der Waals surface area (Å²) < 4.78 is 0.410. The molecule has 1 spiro atoms. The van der Waals surface area contributed by atoms with Crippen molar-refractivity contribution in [3.63, 3.8) is 0 Å². The standard InChI is InChI=1S/C21H28O2S2/c1-20-8-6-15-14-7-9-21(24-10-11-25-21)12-13(14)2-3-16(15)17(20)4-5-18(20)19(22)23/h5,12,14-17H,2-4,6-11H2,1H3,(H,22,23)/t14-,15+,16+,17+,20-/m0/s1. The van der Waals surface area contributed by atoms with Gasteiger partial charge in [-0.15, -0.1) is 23.5 Å². The summed E-state index contributed by atoms with van der Waals surface area (Å²) >= 11 is 4.36. The molecular weight excluding hydrogens is 348 g/mol. The summed E-state index contributed by atoms with van der Waals surface area (Å²) in [5.41, 5.74) is 2.42. The smallest absolute Gasteiger partial charge is 0.331 e. The Hall–Kier alpha value is -0.350. The first-order chi connectivity index (χ1) is 12.0. The van der Waals surface area contributed by atoms with E-state index < -0.39 is 5.97 Å². The van der Waals surface area contributed by atoms with Crippen molar-refractivity contribution < 1.29 is 9.90 Å². The van der Waals surface area contributed by atoms with E-state index >= 15 is 0 Å². The van der Waals surface area contributed by atoms with Crippen molar-refractivity contribution >= 4 is 29.5 Å². The van der Waals surface area contributed by atoms with Crippen LogP contribution in [0.3, 0.4) is 0 Å². The largest absolute Gasteiger partial charge is 0.478 e. The molecule has 1 N–H and O–H groups in total. The third kappa shape index (κ3) is 2.42. The molecule has 5 rings (SSSR count). The number of allylic oxidation sites excluding steroid dienone is 2. The van der Waals surface area contributed by atoms with Gasteiger partial charge < -0.3 is 5.11 Å². The zero-order chi connectivity index (χ0) is 17.2. The molecule has 5 aliphatic rings. The lowest BCUT2D eigenvalue weighted by Gasteiger charge is -2.54. The van der Waals surface area contributed by atoms with Crippen LogP contribution in [0.25, 0.3) is 0 Å². The lowest BCUT2D eigenvalue weighted by Crippen LogP contribution is -2.46. The Labute approximate surface area is 159 Å². The molecule has 4 aliphatic carbocycles. The SMILES string of the molecule is C[C@]12CC[C@H]3[C@@H](CCC4=CC5(CC[C@@H]43)SCCS5)[C@H]1CC=C2C(=O)O. The van der Waals surface area contributed by atoms with Crippen LogP contribution in [0, 0.1) is 29.1 Å². The second kappa shape index (κ2) is 5.82. The Bertz CT molecular complexity index is 661. The predicted octanol–water partition coefficient (Wildman–Crippen LogP) is 5.36. The molecule has 0 radical (unpaired) electrons. The Morgan fingerprint density at radius 3 is 2.72 bits per heavy atom. The predicted molar refractivity (Wildman–Crippen MR) is 106 cm³/mol. The van der Waals surface area contributed by atoms with Gasteiger partial charge in [0, 0.05) is 22.5 Å². The van der Waals surface area contributed by atoms with Crippen molar-refractivity contribution in [1.29, 1.82) is 0 Å². The van der Waals surface area contributed by atoms with Crippen molar-refractivity contribution in [1.82, 2.24) is 0 Å². The topological polar surface area (TPSA) is 37.3 Å². The van der Waals surface area contributed by atoms with Crippen molar-refractivity contribution in [2.45, 2.75) is 55.9 Å². The van der Waals surface area contributed by atoms with Crippen LogP contribution >= 0.6 is 23.5 Å². The van der Waals surface area contributed by atoms with E-state index in [0.717, 1.165) is 36.2 Å². The van der Waals surface area contributed by atoms with Gasteiger partial charge in [0.05, 0.1) is 4.08 Å². The Morgan fingerprint density at radius 1 is 1.16 bits per heavy atom. The van der Waals surface area contributed by atoms with Crippen LogP contribution < -0.4 is 0 Å². The van der Waals surface area contributed by atoms with Crippen molar-refractivity contribution in [3.05, 3.63) is 23.3 Å². The molecule has 0 aromatic heterocycles. The summed E-state index contributed by atoms with van der Waals surface area (Å²) in [5, 5.41) is 9.64. The molecule has 4 heteroatoms. The van der Waals surface area contributed by atoms with Crippen LogP contribution in [0.4, 0.5) is 0 Å². The van der Waals surface area contributed by atoms with Crippen molar-refractivity contribution in [2.24, 2.45) is 29.1 Å². The molecule has 1 saturated heterocycles. The third-order valence-corrected chi connectivity index (χ3v) is 11.5. The number of carbonyl (C=O) groups is 1. The lowest BCUT2D eigenvalue weighted by atomic mass is 9.51. The molecule has 2 nitrogen and oxygen atoms in total. The molecule has 136 valence electrons. The normalized spacial score (nSPS) is 44.5. The van der Waals surface area contributed by atoms with Crippen LogP contribution in [-0.4, -0.2) is 26.7 Å². The monoisotopic (exact) mass is 376 g/mol. The summed E-state index contributed by atoms with van der Waals surface area (Å²) in [6.45, 7) is 2.24. The number of hydrogen-bond donors (Lipinski definition) is 1. The average Bonchev–Trinajstić information content (AvgIpc) is 3.18. The van der Waals surface area contributed by atoms with Crippen molar-refractivity contribution in [2.75, 3.05) is 11.5 Å². The highest BCUT2D eigenvalue weighted by Crippen LogP contribution is 2.63. The summed E-state index contributed by atoms with van der Waals surface area (Å²) in [6.07, 6.45) is 13.3. The van der Waals surface area contributed by atoms with Gasteiger partial charge in [-0.25, -0.2) is 4.79 Å². The number of aliphatic carboxylic acids is 1. The average molecular weight is 377 g/mol. The first kappa shape index (κ1) is 16.8. The van der Waals surface area contributed by atoms with E-state index in [9.17, 15) is 9.90 Å². The van der Waals surface area contributed by atoms with Gasteiger partial charge in [-0.2, -0.15) is 0 Å². The number of carboxylic acids is 1. The number of thioether (sulfide) groups is 2. The minimum Gasteiger partial charge on any atom is -0.478 e. The van der Waals surface area contributed by atoms with Crippen LogP contribution in [-0.2, 0) is 4.79 Å². The quantitative estimate of drug-likeness (QED) is 0.625. The molecule has 3 fully saturated rings. The Balaban J connectivity index is 1.41. The van der Waals surface area contributed by atoms with E-state index in [1.165, 1.54) is 43.6 Å². The van der Waals surface area contributed by atoms with Gasteiger partial charge in [-0.1, -0.05) is 24.6 Å². The highest BCUT2D eigenvalue weighted by atomic mass is 32.2. The number of rotatable bonds is 1. The van der Waals surface area contributed by atoms with Gasteiger partial charge in [0.1, 0.15) is 0 Å². The minimum absolute atomic E-state index is 0.0682. The van der Waals surface area contributed by atoms with E-state index in [2.05, 4.69) is 42.6 Å². The molecule has 25 heavy (non-hydrogen) atoms. The summed E-state index contributed by atoms with van der Waals surface area (Å²) in [4.78, 5) is 11.7. The van der Waals surface area contributed by atoms with Gasteiger partial charge in [-0.3, -0.25) is 0 Å². The lowest BCUT2D eigenvalue weighted by molar-refractivity contribution is -0.134. The van der Waals surface area contributed by atoms with Crippen LogP contribution in [0.2, 0.25) is 0 Å². The van der Waals surface area contributed by atoms with Crippen LogP contribution in [0.1, 0.15) is 51.9 Å². The third-order valence-electron chi connectivity index (χ3n) is 8.05. The van der Waals surface area contributed by atoms with E-state index in [0.29, 0.717) is 10.00 Å². The maximum Gasteiger partial charge on any atom is 0.331 e. The van der Waals surface area contributed by atoms with E-state index in [1.807, 2.05) is 0 Å². The zero-order valence-electron chi connectivity index (χ0n) is 15.0. The van der Waals surface area contributed by atoms with Gasteiger partial charge in [-0.05, 0) is 68.6 Å². The van der Waals surface area contributed by atoms with E-state index in [1.54, 1.807) is 5.57 Å². The Kier molecular flexibility index (Phi) is 3.91. The van der Waals surface area contributed by atoms with Gasteiger partial charge in [0.2, 0.25) is 0 Å². The maximum absolute atomic E-state index is 11.7. The molecule has 2 saturated carbocycles. The molecule has 1 heterocycles. The number of fused-ring (bicyclic) bond motifs is 5. The summed E-state index contributed by atoms with van der Waals surface area (Å²) in [7, 11) is 0. The highest BCUT2D eigenvalue weighted by Gasteiger charge is 2.55. The molecule has 0 aromatic carbocycles.